The molecule has 0 fully saturated rings. The van der Waals surface area contributed by atoms with Gasteiger partial charge in [-0.1, -0.05) is 35.8 Å². The van der Waals surface area contributed by atoms with Crippen molar-refractivity contribution in [1.29, 1.82) is 0 Å². The lowest BCUT2D eigenvalue weighted by Crippen LogP contribution is -2.33. The largest absolute Gasteiger partial charge is 0.339 e. The van der Waals surface area contributed by atoms with Crippen LogP contribution in [-0.2, 0) is 12.0 Å². The van der Waals surface area contributed by atoms with Crippen LogP contribution in [0.25, 0.3) is 0 Å². The summed E-state index contributed by atoms with van der Waals surface area (Å²) in [6, 6.07) is 7.56. The van der Waals surface area contributed by atoms with Gasteiger partial charge in [-0.05, 0) is 31.0 Å². The zero-order valence-corrected chi connectivity index (χ0v) is 11.2. The third kappa shape index (κ3) is 2.89. The molecule has 0 amide bonds. The average molecular weight is 266 g/mol. The molecule has 1 atom stereocenters. The molecular weight excluding hydrogens is 250 g/mol. The van der Waals surface area contributed by atoms with E-state index in [-0.39, 0.29) is 0 Å². The summed E-state index contributed by atoms with van der Waals surface area (Å²) in [5, 5.41) is 4.65. The fourth-order valence-corrected chi connectivity index (χ4v) is 1.62. The van der Waals surface area contributed by atoms with E-state index in [0.29, 0.717) is 23.2 Å². The van der Waals surface area contributed by atoms with Crippen molar-refractivity contribution in [3.8, 4) is 0 Å². The summed E-state index contributed by atoms with van der Waals surface area (Å²) in [4.78, 5) is 4.33. The molecule has 1 heterocycles. The number of aromatic nitrogens is 2. The molecule has 0 aliphatic heterocycles. The van der Waals surface area contributed by atoms with E-state index >= 15 is 0 Å². The van der Waals surface area contributed by atoms with E-state index in [1.54, 1.807) is 0 Å². The van der Waals surface area contributed by atoms with Gasteiger partial charge in [0.2, 0.25) is 5.89 Å². The van der Waals surface area contributed by atoms with Crippen molar-refractivity contribution < 1.29 is 4.52 Å². The molecule has 0 radical (unpaired) electrons. The molecule has 0 aliphatic rings. The van der Waals surface area contributed by atoms with Crippen molar-refractivity contribution in [3.63, 3.8) is 0 Å². The second-order valence-corrected chi connectivity index (χ2v) is 5.02. The van der Waals surface area contributed by atoms with Crippen molar-refractivity contribution in [3.05, 3.63) is 46.6 Å². The molecule has 0 spiro atoms. The lowest BCUT2D eigenvalue weighted by molar-refractivity contribution is 0.356. The zero-order chi connectivity index (χ0) is 13.2. The first-order valence-electron chi connectivity index (χ1n) is 5.87. The molecular formula is C13H16ClN3O. The van der Waals surface area contributed by atoms with Crippen LogP contribution in [0.4, 0.5) is 0 Å². The van der Waals surface area contributed by atoms with E-state index in [0.717, 1.165) is 12.0 Å². The standard InChI is InChI=1S/C13H16ClN3O/c1-3-13(2,15)12-16-11(18-17-12)8-9-4-6-10(14)7-5-9/h4-7H,3,8,15H2,1-2H3. The van der Waals surface area contributed by atoms with E-state index in [1.165, 1.54) is 0 Å². The van der Waals surface area contributed by atoms with Crippen LogP contribution < -0.4 is 5.73 Å². The van der Waals surface area contributed by atoms with Crippen molar-refractivity contribution >= 4 is 11.6 Å². The van der Waals surface area contributed by atoms with Gasteiger partial charge in [-0.25, -0.2) is 0 Å². The Morgan fingerprint density at radius 1 is 1.33 bits per heavy atom. The van der Waals surface area contributed by atoms with Gasteiger partial charge < -0.3 is 10.3 Å². The van der Waals surface area contributed by atoms with Gasteiger partial charge in [0, 0.05) is 5.02 Å². The predicted molar refractivity (Wildman–Crippen MR) is 70.4 cm³/mol. The van der Waals surface area contributed by atoms with Crippen molar-refractivity contribution in [2.45, 2.75) is 32.2 Å². The van der Waals surface area contributed by atoms with E-state index in [2.05, 4.69) is 10.1 Å². The Labute approximate surface area is 111 Å². The molecule has 2 rings (SSSR count). The van der Waals surface area contributed by atoms with Crippen LogP contribution >= 0.6 is 11.6 Å². The molecule has 0 bridgehead atoms. The van der Waals surface area contributed by atoms with Crippen LogP contribution in [0.15, 0.2) is 28.8 Å². The molecule has 0 saturated heterocycles. The van der Waals surface area contributed by atoms with Crippen molar-refractivity contribution in [1.82, 2.24) is 10.1 Å². The van der Waals surface area contributed by atoms with Gasteiger partial charge in [-0.3, -0.25) is 0 Å². The molecule has 1 aromatic carbocycles. The summed E-state index contributed by atoms with van der Waals surface area (Å²) in [6.45, 7) is 3.89. The average Bonchev–Trinajstić information content (AvgIpc) is 2.81. The summed E-state index contributed by atoms with van der Waals surface area (Å²) in [5.74, 6) is 1.12. The molecule has 5 heteroatoms. The molecule has 1 aromatic heterocycles. The Morgan fingerprint density at radius 2 is 2.00 bits per heavy atom. The van der Waals surface area contributed by atoms with Gasteiger partial charge in [-0.15, -0.1) is 0 Å². The normalized spacial score (nSPS) is 14.4. The third-order valence-corrected chi connectivity index (χ3v) is 3.23. The number of nitrogens with zero attached hydrogens (tertiary/aromatic N) is 2. The highest BCUT2D eigenvalue weighted by Gasteiger charge is 2.25. The molecule has 18 heavy (non-hydrogen) atoms. The van der Waals surface area contributed by atoms with Gasteiger partial charge in [0.15, 0.2) is 5.82 Å². The second kappa shape index (κ2) is 5.08. The molecule has 0 saturated carbocycles. The van der Waals surface area contributed by atoms with Crippen LogP contribution in [0.1, 0.15) is 37.5 Å². The number of benzene rings is 1. The quantitative estimate of drug-likeness (QED) is 0.923. The second-order valence-electron chi connectivity index (χ2n) is 4.59. The SMILES string of the molecule is CCC(C)(N)c1noc(Cc2ccc(Cl)cc2)n1. The lowest BCUT2D eigenvalue weighted by Gasteiger charge is -2.16. The predicted octanol–water partition coefficient (Wildman–Crippen LogP) is 2.90. The molecule has 2 aromatic rings. The molecule has 4 nitrogen and oxygen atoms in total. The lowest BCUT2D eigenvalue weighted by atomic mass is 10.00. The van der Waals surface area contributed by atoms with E-state index in [4.69, 9.17) is 21.9 Å². The Bertz CT molecular complexity index is 519. The van der Waals surface area contributed by atoms with E-state index in [1.807, 2.05) is 38.1 Å². The minimum Gasteiger partial charge on any atom is -0.339 e. The summed E-state index contributed by atoms with van der Waals surface area (Å²) >= 11 is 5.83. The molecule has 2 N–H and O–H groups in total. The zero-order valence-electron chi connectivity index (χ0n) is 10.5. The number of hydrogen-bond acceptors (Lipinski definition) is 4. The molecule has 1 unspecified atom stereocenters. The highest BCUT2D eigenvalue weighted by molar-refractivity contribution is 6.30. The topological polar surface area (TPSA) is 64.9 Å². The van der Waals surface area contributed by atoms with Gasteiger partial charge in [0.1, 0.15) is 0 Å². The summed E-state index contributed by atoms with van der Waals surface area (Å²) < 4.78 is 5.21. The van der Waals surface area contributed by atoms with Crippen LogP contribution in [0, 0.1) is 0 Å². The summed E-state index contributed by atoms with van der Waals surface area (Å²) in [7, 11) is 0. The number of hydrogen-bond donors (Lipinski definition) is 1. The third-order valence-electron chi connectivity index (χ3n) is 2.98. The van der Waals surface area contributed by atoms with E-state index < -0.39 is 5.54 Å². The molecule has 96 valence electrons. The fraction of sp³-hybridized carbons (Fsp3) is 0.385. The fourth-order valence-electron chi connectivity index (χ4n) is 1.49. The first-order chi connectivity index (χ1) is 8.51. The first-order valence-corrected chi connectivity index (χ1v) is 6.25. The van der Waals surface area contributed by atoms with Crippen LogP contribution in [0.2, 0.25) is 5.02 Å². The Kier molecular flexibility index (Phi) is 3.68. The summed E-state index contributed by atoms with van der Waals surface area (Å²) in [6.07, 6.45) is 1.34. The summed E-state index contributed by atoms with van der Waals surface area (Å²) in [5.41, 5.74) is 6.60. The molecule has 0 aliphatic carbocycles. The van der Waals surface area contributed by atoms with Crippen LogP contribution in [0.3, 0.4) is 0 Å². The Hall–Kier alpha value is -1.39. The maximum atomic E-state index is 6.06. The van der Waals surface area contributed by atoms with Crippen LogP contribution in [0.5, 0.6) is 0 Å². The van der Waals surface area contributed by atoms with Crippen molar-refractivity contribution in [2.24, 2.45) is 5.73 Å². The minimum absolute atomic E-state index is 0.540. The number of rotatable bonds is 4. The Balaban J connectivity index is 2.14. The monoisotopic (exact) mass is 265 g/mol. The van der Waals surface area contributed by atoms with Gasteiger partial charge in [0.05, 0.1) is 12.0 Å². The maximum Gasteiger partial charge on any atom is 0.231 e. The smallest absolute Gasteiger partial charge is 0.231 e. The van der Waals surface area contributed by atoms with Crippen LogP contribution in [-0.4, -0.2) is 10.1 Å². The highest BCUT2D eigenvalue weighted by Crippen LogP contribution is 2.19. The first kappa shape index (κ1) is 13.1. The Morgan fingerprint density at radius 3 is 2.61 bits per heavy atom. The minimum atomic E-state index is -0.540. The highest BCUT2D eigenvalue weighted by atomic mass is 35.5. The van der Waals surface area contributed by atoms with Gasteiger partial charge >= 0.3 is 0 Å². The van der Waals surface area contributed by atoms with Gasteiger partial charge in [-0.2, -0.15) is 4.98 Å². The number of halogens is 1. The number of nitrogens with two attached hydrogens (primary N) is 1. The maximum absolute atomic E-state index is 6.06. The van der Waals surface area contributed by atoms with E-state index in [9.17, 15) is 0 Å². The van der Waals surface area contributed by atoms with Crippen molar-refractivity contribution in [2.75, 3.05) is 0 Å². The van der Waals surface area contributed by atoms with Gasteiger partial charge in [0.25, 0.3) is 0 Å².